The average Bonchev–Trinajstić information content (AvgIpc) is 2.18. The highest BCUT2D eigenvalue weighted by atomic mass is 35.5. The average molecular weight is 285 g/mol. The molecule has 0 spiro atoms. The van der Waals surface area contributed by atoms with E-state index in [0.717, 1.165) is 0 Å². The van der Waals surface area contributed by atoms with Crippen LogP contribution in [0.4, 0.5) is 28.6 Å². The maximum atomic E-state index is 10.4. The molecule has 0 saturated carbocycles. The van der Waals surface area contributed by atoms with E-state index >= 15 is 0 Å². The molecule has 0 radical (unpaired) electrons. The van der Waals surface area contributed by atoms with Crippen molar-refractivity contribution in [1.82, 2.24) is 0 Å². The number of hydrogen-bond donors (Lipinski definition) is 0. The highest BCUT2D eigenvalue weighted by Gasteiger charge is 2.21. The van der Waals surface area contributed by atoms with Crippen molar-refractivity contribution in [3.8, 4) is 0 Å². The molecule has 0 heterocycles. The SMILES string of the molecule is Cc1cc([N+](=O)[O-])c(Cl)cc1[N+]#N.F[B-](F)(F)F. The predicted molar refractivity (Wildman–Crippen MR) is 57.8 cm³/mol. The second-order valence-electron chi connectivity index (χ2n) is 2.94. The van der Waals surface area contributed by atoms with Crippen LogP contribution in [-0.4, -0.2) is 12.2 Å². The van der Waals surface area contributed by atoms with E-state index in [1.807, 2.05) is 0 Å². The summed E-state index contributed by atoms with van der Waals surface area (Å²) >= 11 is 5.56. The summed E-state index contributed by atoms with van der Waals surface area (Å²) in [4.78, 5) is 12.7. The highest BCUT2D eigenvalue weighted by Crippen LogP contribution is 2.31. The van der Waals surface area contributed by atoms with Crippen molar-refractivity contribution in [1.29, 1.82) is 5.39 Å². The first-order chi connectivity index (χ1) is 8.06. The fraction of sp³-hybridized carbons (Fsp3) is 0.143. The van der Waals surface area contributed by atoms with Gasteiger partial charge in [-0.25, -0.2) is 0 Å². The molecule has 0 unspecified atom stereocenters. The van der Waals surface area contributed by atoms with Crippen LogP contribution in [0.2, 0.25) is 5.02 Å². The van der Waals surface area contributed by atoms with Crippen molar-refractivity contribution >= 4 is 30.2 Å². The molecule has 11 heteroatoms. The molecular formula is C7H5BClF4N3O2. The van der Waals surface area contributed by atoms with Gasteiger partial charge >= 0.3 is 12.9 Å². The minimum Gasteiger partial charge on any atom is -0.418 e. The number of aryl methyl sites for hydroxylation is 1. The molecule has 1 rings (SSSR count). The van der Waals surface area contributed by atoms with Gasteiger partial charge in [-0.3, -0.25) is 10.1 Å². The first-order valence-corrected chi connectivity index (χ1v) is 4.61. The van der Waals surface area contributed by atoms with Gasteiger partial charge in [0.1, 0.15) is 5.02 Å². The van der Waals surface area contributed by atoms with Crippen LogP contribution in [0.5, 0.6) is 0 Å². The van der Waals surface area contributed by atoms with Gasteiger partial charge in [0, 0.05) is 6.07 Å². The summed E-state index contributed by atoms with van der Waals surface area (Å²) in [6.45, 7) is 1.60. The van der Waals surface area contributed by atoms with Gasteiger partial charge in [-0.05, 0) is 6.92 Å². The maximum absolute atomic E-state index is 10.4. The minimum atomic E-state index is -6.00. The zero-order valence-corrected chi connectivity index (χ0v) is 9.54. The topological polar surface area (TPSA) is 71.3 Å². The van der Waals surface area contributed by atoms with Gasteiger partial charge in [-0.1, -0.05) is 11.6 Å². The van der Waals surface area contributed by atoms with Gasteiger partial charge in [0.15, 0.2) is 4.98 Å². The largest absolute Gasteiger partial charge is 0.673 e. The van der Waals surface area contributed by atoms with E-state index in [2.05, 4.69) is 4.98 Å². The first-order valence-electron chi connectivity index (χ1n) is 4.23. The molecule has 0 aromatic heterocycles. The second-order valence-corrected chi connectivity index (χ2v) is 3.35. The van der Waals surface area contributed by atoms with Crippen LogP contribution in [0.1, 0.15) is 5.56 Å². The van der Waals surface area contributed by atoms with Gasteiger partial charge < -0.3 is 17.3 Å². The Balaban J connectivity index is 0.000000494. The lowest BCUT2D eigenvalue weighted by molar-refractivity contribution is -0.384. The first kappa shape index (κ1) is 16.1. The van der Waals surface area contributed by atoms with Crippen LogP contribution in [-0.2, 0) is 0 Å². The van der Waals surface area contributed by atoms with E-state index in [0.29, 0.717) is 5.56 Å². The molecule has 98 valence electrons. The van der Waals surface area contributed by atoms with E-state index in [-0.39, 0.29) is 16.4 Å². The molecule has 0 saturated heterocycles. The second kappa shape index (κ2) is 6.16. The van der Waals surface area contributed by atoms with E-state index in [1.165, 1.54) is 12.1 Å². The summed E-state index contributed by atoms with van der Waals surface area (Å²) in [6, 6.07) is 2.51. The number of nitro groups is 1. The molecule has 0 atom stereocenters. The molecule has 1 aromatic rings. The van der Waals surface area contributed by atoms with Gasteiger partial charge in [0.05, 0.1) is 16.6 Å². The molecule has 0 amide bonds. The molecular weight excluding hydrogens is 280 g/mol. The lowest BCUT2D eigenvalue weighted by atomic mass is 10.2. The third kappa shape index (κ3) is 6.00. The Morgan fingerprint density at radius 3 is 2.17 bits per heavy atom. The number of nitro benzene ring substituents is 1. The third-order valence-corrected chi connectivity index (χ3v) is 1.87. The summed E-state index contributed by atoms with van der Waals surface area (Å²) in [5.41, 5.74) is 0.542. The van der Waals surface area contributed by atoms with Crippen molar-refractivity contribution in [2.75, 3.05) is 0 Å². The maximum Gasteiger partial charge on any atom is 0.673 e. The predicted octanol–water partition coefficient (Wildman–Crippen LogP) is 4.34. The molecule has 5 nitrogen and oxygen atoms in total. The number of nitrogens with zero attached hydrogens (tertiary/aromatic N) is 3. The number of halogens is 5. The molecule has 0 bridgehead atoms. The molecule has 0 aliphatic carbocycles. The quantitative estimate of drug-likeness (QED) is 0.253. The van der Waals surface area contributed by atoms with Gasteiger partial charge in [0.2, 0.25) is 5.39 Å². The molecule has 0 N–H and O–H groups in total. The van der Waals surface area contributed by atoms with Crippen LogP contribution >= 0.6 is 11.6 Å². The van der Waals surface area contributed by atoms with Crippen LogP contribution in [0.15, 0.2) is 12.1 Å². The summed E-state index contributed by atoms with van der Waals surface area (Å²) in [5, 5.41) is 18.8. The molecule has 0 aliphatic rings. The van der Waals surface area contributed by atoms with Crippen LogP contribution in [0.25, 0.3) is 4.98 Å². The molecule has 0 aliphatic heterocycles. The van der Waals surface area contributed by atoms with Gasteiger partial charge in [0.25, 0.3) is 5.69 Å². The van der Waals surface area contributed by atoms with Crippen LogP contribution in [0.3, 0.4) is 0 Å². The summed E-state index contributed by atoms with van der Waals surface area (Å²) in [5.74, 6) is 0. The Morgan fingerprint density at radius 1 is 1.39 bits per heavy atom. The highest BCUT2D eigenvalue weighted by molar-refractivity contribution is 6.50. The Hall–Kier alpha value is -1.89. The molecule has 0 fully saturated rings. The normalized spacial score (nSPS) is 10.1. The monoisotopic (exact) mass is 285 g/mol. The van der Waals surface area contributed by atoms with Crippen molar-refractivity contribution in [3.05, 3.63) is 37.8 Å². The molecule has 18 heavy (non-hydrogen) atoms. The number of hydrogen-bond acceptors (Lipinski definition) is 3. The lowest BCUT2D eigenvalue weighted by Crippen LogP contribution is -2.02. The molecule has 1 aromatic carbocycles. The van der Waals surface area contributed by atoms with E-state index < -0.39 is 12.2 Å². The summed E-state index contributed by atoms with van der Waals surface area (Å²) < 4.78 is 39.0. The van der Waals surface area contributed by atoms with Gasteiger partial charge in [-0.2, -0.15) is 0 Å². The third-order valence-electron chi connectivity index (χ3n) is 1.57. The number of rotatable bonds is 1. The van der Waals surface area contributed by atoms with Crippen molar-refractivity contribution in [2.24, 2.45) is 0 Å². The smallest absolute Gasteiger partial charge is 0.418 e. The fourth-order valence-electron chi connectivity index (χ4n) is 0.903. The lowest BCUT2D eigenvalue weighted by Gasteiger charge is -1.94. The Kier molecular flexibility index (Phi) is 5.51. The number of benzene rings is 1. The van der Waals surface area contributed by atoms with Gasteiger partial charge in [-0.15, -0.1) is 0 Å². The summed E-state index contributed by atoms with van der Waals surface area (Å²) in [7, 11) is -6.00. The summed E-state index contributed by atoms with van der Waals surface area (Å²) in [6.07, 6.45) is 0. The van der Waals surface area contributed by atoms with E-state index in [4.69, 9.17) is 17.0 Å². The van der Waals surface area contributed by atoms with E-state index in [1.54, 1.807) is 6.92 Å². The zero-order chi connectivity index (χ0) is 14.5. The number of diazo groups is 1. The van der Waals surface area contributed by atoms with E-state index in [9.17, 15) is 27.4 Å². The van der Waals surface area contributed by atoms with Crippen LogP contribution < -0.4 is 0 Å². The Bertz CT molecular complexity index is 497. The van der Waals surface area contributed by atoms with Crippen molar-refractivity contribution < 1.29 is 22.2 Å². The van der Waals surface area contributed by atoms with Crippen molar-refractivity contribution in [3.63, 3.8) is 0 Å². The Morgan fingerprint density at radius 2 is 1.83 bits per heavy atom. The van der Waals surface area contributed by atoms with Crippen LogP contribution in [0, 0.1) is 22.4 Å². The minimum absolute atomic E-state index is 0.0385. The standard InChI is InChI=1S/C7H5ClN3O2.BF4/c1-4-2-7(11(12)13)5(8)3-6(4)10-9;2-1(3,4)5/h2-3H,1H3;/q+1;-1. The zero-order valence-electron chi connectivity index (χ0n) is 8.78. The Labute approximate surface area is 103 Å². The van der Waals surface area contributed by atoms with Crippen molar-refractivity contribution in [2.45, 2.75) is 6.92 Å². The fourth-order valence-corrected chi connectivity index (χ4v) is 1.13.